The zero-order valence-electron chi connectivity index (χ0n) is 16.9. The monoisotopic (exact) mass is 431 g/mol. The molecule has 0 saturated heterocycles. The molecule has 4 heterocycles. The predicted octanol–water partition coefficient (Wildman–Crippen LogP) is 3.57. The van der Waals surface area contributed by atoms with Crippen molar-refractivity contribution in [1.29, 1.82) is 5.26 Å². The van der Waals surface area contributed by atoms with Gasteiger partial charge in [0.25, 0.3) is 0 Å². The molecule has 8 nitrogen and oxygen atoms in total. The molecular weight excluding hydrogens is 414 g/mol. The molecule has 2 bridgehead atoms. The maximum absolute atomic E-state index is 9.70. The summed E-state index contributed by atoms with van der Waals surface area (Å²) < 4.78 is 9.60. The summed E-state index contributed by atoms with van der Waals surface area (Å²) in [5.41, 5.74) is 12.4. The molecular formula is C22H18ClN7O. The molecule has 0 spiro atoms. The molecule has 0 aliphatic carbocycles. The Morgan fingerprint density at radius 2 is 2.06 bits per heavy atom. The number of aryl methyl sites for hydroxylation is 2. The number of rotatable bonds is 0. The van der Waals surface area contributed by atoms with Gasteiger partial charge >= 0.3 is 0 Å². The normalized spacial score (nSPS) is 12.5. The summed E-state index contributed by atoms with van der Waals surface area (Å²) in [6.45, 7) is 2.30. The minimum atomic E-state index is 0.272. The third-order valence-electron chi connectivity index (χ3n) is 5.39. The molecule has 5 rings (SSSR count). The van der Waals surface area contributed by atoms with Gasteiger partial charge in [-0.2, -0.15) is 15.5 Å². The van der Waals surface area contributed by atoms with Crippen LogP contribution < -0.4 is 10.5 Å². The first-order chi connectivity index (χ1) is 14.9. The molecule has 154 valence electrons. The maximum Gasteiger partial charge on any atom is 0.170 e. The molecule has 2 N–H and O–H groups in total. The average Bonchev–Trinajstić information content (AvgIpc) is 3.26. The van der Waals surface area contributed by atoms with Crippen LogP contribution in [0.4, 0.5) is 5.82 Å². The van der Waals surface area contributed by atoms with Gasteiger partial charge in [-0.15, -0.1) is 0 Å². The van der Waals surface area contributed by atoms with Gasteiger partial charge in [-0.3, -0.25) is 4.68 Å². The van der Waals surface area contributed by atoms with E-state index in [-0.39, 0.29) is 12.4 Å². The van der Waals surface area contributed by atoms with Crippen molar-refractivity contribution >= 4 is 17.4 Å². The van der Waals surface area contributed by atoms with Crippen LogP contribution in [0, 0.1) is 18.3 Å². The fourth-order valence-electron chi connectivity index (χ4n) is 3.94. The first-order valence-corrected chi connectivity index (χ1v) is 10.0. The van der Waals surface area contributed by atoms with Crippen LogP contribution in [0.5, 0.6) is 5.75 Å². The lowest BCUT2D eigenvalue weighted by Crippen LogP contribution is -2.11. The standard InChI is InChI=1S/C22H18ClN7O/c1-12-3-4-17-14(5-12)11-31-19-6-13(10-26-22(19)25)21-16(9-24)27-29(2)18(21)7-15-8-20(23)28-30(15)17/h3-6,8,10H,7,11H2,1-2H3,(H2,25,26). The van der Waals surface area contributed by atoms with Gasteiger partial charge < -0.3 is 10.5 Å². The highest BCUT2D eigenvalue weighted by molar-refractivity contribution is 6.29. The number of nitrogens with zero attached hydrogens (tertiary/aromatic N) is 6. The molecule has 0 radical (unpaired) electrons. The number of hydrogen-bond acceptors (Lipinski definition) is 6. The van der Waals surface area contributed by atoms with Crippen molar-refractivity contribution in [3.63, 3.8) is 0 Å². The van der Waals surface area contributed by atoms with Crippen LogP contribution in [-0.2, 0) is 20.1 Å². The molecule has 1 aliphatic rings. The minimum absolute atomic E-state index is 0.272. The number of nitrogen functional groups attached to an aromatic ring is 1. The van der Waals surface area contributed by atoms with Crippen molar-refractivity contribution in [2.24, 2.45) is 7.05 Å². The lowest BCUT2D eigenvalue weighted by molar-refractivity contribution is 0.306. The number of halogens is 1. The zero-order valence-corrected chi connectivity index (χ0v) is 17.7. The molecule has 1 aromatic carbocycles. The van der Waals surface area contributed by atoms with Gasteiger partial charge in [-0.25, -0.2) is 9.67 Å². The summed E-state index contributed by atoms with van der Waals surface area (Å²) in [5.74, 6) is 0.727. The highest BCUT2D eigenvalue weighted by Crippen LogP contribution is 2.35. The second kappa shape index (κ2) is 7.15. The Hall–Kier alpha value is -3.83. The van der Waals surface area contributed by atoms with Gasteiger partial charge in [0, 0.05) is 36.4 Å². The number of benzene rings is 1. The zero-order chi connectivity index (χ0) is 21.7. The summed E-state index contributed by atoms with van der Waals surface area (Å²) >= 11 is 6.31. The van der Waals surface area contributed by atoms with Crippen LogP contribution in [0.15, 0.2) is 36.5 Å². The number of pyridine rings is 1. The van der Waals surface area contributed by atoms with E-state index in [2.05, 4.69) is 27.3 Å². The second-order valence-electron chi connectivity index (χ2n) is 7.48. The molecule has 0 saturated carbocycles. The second-order valence-corrected chi connectivity index (χ2v) is 7.87. The van der Waals surface area contributed by atoms with Gasteiger partial charge in [0.15, 0.2) is 22.4 Å². The molecule has 0 atom stereocenters. The minimum Gasteiger partial charge on any atom is -0.485 e. The highest BCUT2D eigenvalue weighted by atomic mass is 35.5. The average molecular weight is 432 g/mol. The Bertz CT molecular complexity index is 1380. The number of ether oxygens (including phenoxy) is 1. The molecule has 0 fully saturated rings. The van der Waals surface area contributed by atoms with Gasteiger partial charge in [0.1, 0.15) is 12.7 Å². The van der Waals surface area contributed by atoms with E-state index < -0.39 is 0 Å². The van der Waals surface area contributed by atoms with Crippen LogP contribution >= 0.6 is 11.6 Å². The topological polar surface area (TPSA) is 108 Å². The smallest absolute Gasteiger partial charge is 0.170 e. The third-order valence-corrected chi connectivity index (χ3v) is 5.58. The van der Waals surface area contributed by atoms with Gasteiger partial charge in [0.05, 0.1) is 17.1 Å². The Morgan fingerprint density at radius 3 is 2.87 bits per heavy atom. The fourth-order valence-corrected chi connectivity index (χ4v) is 4.14. The van der Waals surface area contributed by atoms with E-state index in [4.69, 9.17) is 22.1 Å². The van der Waals surface area contributed by atoms with Crippen molar-refractivity contribution in [2.45, 2.75) is 20.0 Å². The molecule has 1 aliphatic heterocycles. The van der Waals surface area contributed by atoms with Crippen molar-refractivity contribution in [2.75, 3.05) is 5.73 Å². The SMILES string of the molecule is Cc1ccc2c(c1)COc1cc(cnc1N)-c1c(C#N)nn(C)c1Cc1cc(Cl)nn1-2. The number of aromatic nitrogens is 5. The molecule has 4 aromatic rings. The lowest BCUT2D eigenvalue weighted by atomic mass is 10.0. The van der Waals surface area contributed by atoms with Gasteiger partial charge in [-0.05, 0) is 25.1 Å². The van der Waals surface area contributed by atoms with Crippen LogP contribution in [0.3, 0.4) is 0 Å². The van der Waals surface area contributed by atoms with E-state index >= 15 is 0 Å². The maximum atomic E-state index is 9.70. The van der Waals surface area contributed by atoms with Gasteiger partial charge in [-0.1, -0.05) is 29.3 Å². The van der Waals surface area contributed by atoms with E-state index in [9.17, 15) is 5.26 Å². The Morgan fingerprint density at radius 1 is 1.23 bits per heavy atom. The number of nitrogens with two attached hydrogens (primary N) is 1. The first-order valence-electron chi connectivity index (χ1n) is 9.63. The summed E-state index contributed by atoms with van der Waals surface area (Å²) in [6, 6.07) is 11.9. The van der Waals surface area contributed by atoms with E-state index in [1.54, 1.807) is 10.9 Å². The molecule has 31 heavy (non-hydrogen) atoms. The van der Waals surface area contributed by atoms with Crippen LogP contribution in [0.1, 0.15) is 28.2 Å². The number of anilines is 1. The molecule has 0 unspecified atom stereocenters. The lowest BCUT2D eigenvalue weighted by Gasteiger charge is -2.17. The van der Waals surface area contributed by atoms with E-state index in [1.165, 1.54) is 0 Å². The van der Waals surface area contributed by atoms with Crippen molar-refractivity contribution in [3.05, 3.63) is 69.9 Å². The predicted molar refractivity (Wildman–Crippen MR) is 116 cm³/mol. The summed E-state index contributed by atoms with van der Waals surface area (Å²) in [4.78, 5) is 4.30. The Labute approximate surface area is 183 Å². The summed E-state index contributed by atoms with van der Waals surface area (Å²) in [7, 11) is 1.81. The molecule has 3 aromatic heterocycles. The Balaban J connectivity index is 1.82. The van der Waals surface area contributed by atoms with E-state index in [1.807, 2.05) is 42.9 Å². The van der Waals surface area contributed by atoms with Crippen LogP contribution in [0.25, 0.3) is 16.8 Å². The number of fused-ring (bicyclic) bond motifs is 7. The number of hydrogen-bond donors (Lipinski definition) is 1. The molecule has 9 heteroatoms. The number of nitriles is 1. The summed E-state index contributed by atoms with van der Waals surface area (Å²) in [6.07, 6.45) is 2.10. The third kappa shape index (κ3) is 3.20. The fraction of sp³-hybridized carbons (Fsp3) is 0.182. The van der Waals surface area contributed by atoms with E-state index in [0.717, 1.165) is 28.2 Å². The summed E-state index contributed by atoms with van der Waals surface area (Å²) in [5, 5.41) is 19.0. The van der Waals surface area contributed by atoms with Crippen LogP contribution in [-0.4, -0.2) is 24.5 Å². The van der Waals surface area contributed by atoms with Crippen molar-refractivity contribution in [1.82, 2.24) is 24.5 Å². The van der Waals surface area contributed by atoms with Crippen LogP contribution in [0.2, 0.25) is 5.15 Å². The van der Waals surface area contributed by atoms with Gasteiger partial charge in [0.2, 0.25) is 0 Å². The quantitative estimate of drug-likeness (QED) is 0.456. The van der Waals surface area contributed by atoms with Crippen molar-refractivity contribution in [3.8, 4) is 28.6 Å². The largest absolute Gasteiger partial charge is 0.485 e. The highest BCUT2D eigenvalue weighted by Gasteiger charge is 2.23. The first kappa shape index (κ1) is 19.2. The van der Waals surface area contributed by atoms with Crippen molar-refractivity contribution < 1.29 is 4.74 Å². The molecule has 0 amide bonds. The van der Waals surface area contributed by atoms with E-state index in [0.29, 0.717) is 34.1 Å². The Kier molecular flexibility index (Phi) is 4.41.